The molecular weight excluding hydrogens is 372 g/mol. The number of thiophene rings is 1. The minimum atomic E-state index is 0.316. The fourth-order valence-electron chi connectivity index (χ4n) is 4.56. The Balaban J connectivity index is 1.28. The second kappa shape index (κ2) is 9.71. The van der Waals surface area contributed by atoms with E-state index in [0.717, 1.165) is 18.4 Å². The van der Waals surface area contributed by atoms with Crippen LogP contribution in [-0.4, -0.2) is 5.78 Å². The van der Waals surface area contributed by atoms with Gasteiger partial charge in [-0.05, 0) is 40.6 Å². The maximum Gasteiger partial charge on any atom is 0.162 e. The van der Waals surface area contributed by atoms with Crippen LogP contribution in [0.3, 0.4) is 0 Å². The lowest BCUT2D eigenvalue weighted by atomic mass is 9.99. The van der Waals surface area contributed by atoms with Gasteiger partial charge in [-0.15, -0.1) is 11.3 Å². The molecule has 152 valence electrons. The van der Waals surface area contributed by atoms with E-state index in [1.165, 1.54) is 83.0 Å². The smallest absolute Gasteiger partial charge is 0.162 e. The molecule has 1 aliphatic carbocycles. The zero-order chi connectivity index (χ0) is 20.1. The van der Waals surface area contributed by atoms with Crippen LogP contribution in [0.15, 0.2) is 42.5 Å². The van der Waals surface area contributed by atoms with E-state index in [4.69, 9.17) is 0 Å². The van der Waals surface area contributed by atoms with E-state index in [0.29, 0.717) is 12.2 Å². The molecule has 2 aromatic carbocycles. The first-order chi connectivity index (χ1) is 14.3. The number of unbranched alkanes of at least 4 members (excludes halogenated alkanes) is 8. The predicted molar refractivity (Wildman–Crippen MR) is 126 cm³/mol. The van der Waals surface area contributed by atoms with E-state index in [1.807, 2.05) is 17.4 Å². The van der Waals surface area contributed by atoms with E-state index in [-0.39, 0.29) is 0 Å². The normalized spacial score (nSPS) is 12.3. The number of hydrogen-bond donors (Lipinski definition) is 0. The summed E-state index contributed by atoms with van der Waals surface area (Å²) in [7, 11) is 0. The van der Waals surface area contributed by atoms with Crippen LogP contribution in [0.25, 0.3) is 20.5 Å². The molecule has 0 atom stereocenters. The van der Waals surface area contributed by atoms with E-state index in [1.54, 1.807) is 0 Å². The highest BCUT2D eigenvalue weighted by Crippen LogP contribution is 2.46. The van der Waals surface area contributed by atoms with Gasteiger partial charge in [0.05, 0.1) is 0 Å². The summed E-state index contributed by atoms with van der Waals surface area (Å²) in [4.78, 5) is 14.1. The summed E-state index contributed by atoms with van der Waals surface area (Å²) in [6, 6.07) is 15.1. The van der Waals surface area contributed by atoms with Gasteiger partial charge in [-0.3, -0.25) is 4.79 Å². The van der Waals surface area contributed by atoms with Gasteiger partial charge in [-0.25, -0.2) is 0 Å². The molecule has 1 aromatic heterocycles. The summed E-state index contributed by atoms with van der Waals surface area (Å²) in [5.74, 6) is 0.316. The highest BCUT2D eigenvalue weighted by molar-refractivity contribution is 7.22. The predicted octanol–water partition coefficient (Wildman–Crippen LogP) is 8.58. The van der Waals surface area contributed by atoms with Gasteiger partial charge >= 0.3 is 0 Å². The number of fused-ring (bicyclic) bond motifs is 5. The van der Waals surface area contributed by atoms with Crippen molar-refractivity contribution in [3.8, 4) is 10.4 Å². The zero-order valence-electron chi connectivity index (χ0n) is 17.6. The molecule has 0 unspecified atom stereocenters. The molecule has 0 amide bonds. The van der Waals surface area contributed by atoms with Crippen LogP contribution >= 0.6 is 11.3 Å². The molecule has 0 N–H and O–H groups in total. The molecule has 1 heterocycles. The van der Waals surface area contributed by atoms with Gasteiger partial charge < -0.3 is 0 Å². The first-order valence-corrected chi connectivity index (χ1v) is 12.3. The maximum atomic E-state index is 12.7. The number of carbonyl (C=O) groups excluding carboxylic acids is 1. The van der Waals surface area contributed by atoms with Crippen molar-refractivity contribution in [1.29, 1.82) is 0 Å². The van der Waals surface area contributed by atoms with Gasteiger partial charge in [0.15, 0.2) is 5.78 Å². The first kappa shape index (κ1) is 20.3. The van der Waals surface area contributed by atoms with Crippen molar-refractivity contribution in [2.75, 3.05) is 0 Å². The fraction of sp³-hybridized carbons (Fsp3) is 0.444. The van der Waals surface area contributed by atoms with Crippen LogP contribution < -0.4 is 0 Å². The number of ketones is 1. The number of carbonyl (C=O) groups is 1. The molecule has 0 radical (unpaired) electrons. The third-order valence-corrected chi connectivity index (χ3v) is 7.49. The molecule has 0 saturated carbocycles. The minimum absolute atomic E-state index is 0.316. The van der Waals surface area contributed by atoms with E-state index >= 15 is 0 Å². The van der Waals surface area contributed by atoms with Crippen molar-refractivity contribution in [2.24, 2.45) is 0 Å². The van der Waals surface area contributed by atoms with Crippen molar-refractivity contribution in [2.45, 2.75) is 77.6 Å². The topological polar surface area (TPSA) is 17.1 Å². The van der Waals surface area contributed by atoms with Crippen LogP contribution in [0.2, 0.25) is 0 Å². The third-order valence-electron chi connectivity index (χ3n) is 6.24. The van der Waals surface area contributed by atoms with Crippen molar-refractivity contribution in [1.82, 2.24) is 0 Å². The highest BCUT2D eigenvalue weighted by Gasteiger charge is 2.24. The molecule has 2 heteroatoms. The Kier molecular flexibility index (Phi) is 6.82. The Morgan fingerprint density at radius 3 is 2.41 bits per heavy atom. The van der Waals surface area contributed by atoms with Crippen molar-refractivity contribution in [3.05, 3.63) is 59.2 Å². The molecule has 3 aromatic rings. The number of Topliss-reactive ketones (excluding diaryl/α,β-unsaturated/α-hetero) is 1. The minimum Gasteiger partial charge on any atom is -0.294 e. The lowest BCUT2D eigenvalue weighted by molar-refractivity contribution is 0.0979. The molecule has 29 heavy (non-hydrogen) atoms. The second-order valence-electron chi connectivity index (χ2n) is 8.46. The van der Waals surface area contributed by atoms with Crippen molar-refractivity contribution >= 4 is 27.2 Å². The average Bonchev–Trinajstić information content (AvgIpc) is 3.28. The molecule has 0 spiro atoms. The molecule has 0 aliphatic heterocycles. The summed E-state index contributed by atoms with van der Waals surface area (Å²) in [5, 5.41) is 1.38. The molecule has 0 saturated heterocycles. The van der Waals surface area contributed by atoms with Gasteiger partial charge in [0.25, 0.3) is 0 Å². The van der Waals surface area contributed by atoms with E-state index < -0.39 is 0 Å². The quantitative estimate of drug-likeness (QED) is 0.181. The Morgan fingerprint density at radius 1 is 0.897 bits per heavy atom. The largest absolute Gasteiger partial charge is 0.294 e. The average molecular weight is 405 g/mol. The highest BCUT2D eigenvalue weighted by atomic mass is 32.1. The number of hydrogen-bond acceptors (Lipinski definition) is 2. The number of benzene rings is 2. The summed E-state index contributed by atoms with van der Waals surface area (Å²) in [5.41, 5.74) is 5.02. The third kappa shape index (κ3) is 4.64. The SMILES string of the molecule is CCCCCCCCCCCC(=O)c1ccc2c(c1)Cc1c-2sc2ccccc12. The molecule has 1 aliphatic rings. The van der Waals surface area contributed by atoms with Crippen LogP contribution in [-0.2, 0) is 6.42 Å². The van der Waals surface area contributed by atoms with Gasteiger partial charge in [0, 0.05) is 28.0 Å². The van der Waals surface area contributed by atoms with Gasteiger partial charge in [-0.2, -0.15) is 0 Å². The van der Waals surface area contributed by atoms with Crippen LogP contribution in [0.1, 0.15) is 92.6 Å². The van der Waals surface area contributed by atoms with Crippen LogP contribution in [0.4, 0.5) is 0 Å². The van der Waals surface area contributed by atoms with Crippen LogP contribution in [0.5, 0.6) is 0 Å². The lowest BCUT2D eigenvalue weighted by Gasteiger charge is -2.05. The number of rotatable bonds is 11. The molecule has 4 rings (SSSR count). The maximum absolute atomic E-state index is 12.7. The Bertz CT molecular complexity index is 981. The van der Waals surface area contributed by atoms with Gasteiger partial charge in [0.1, 0.15) is 0 Å². The van der Waals surface area contributed by atoms with Crippen molar-refractivity contribution in [3.63, 3.8) is 0 Å². The second-order valence-corrected chi connectivity index (χ2v) is 9.51. The van der Waals surface area contributed by atoms with Gasteiger partial charge in [-0.1, -0.05) is 88.6 Å². The van der Waals surface area contributed by atoms with Gasteiger partial charge in [0.2, 0.25) is 0 Å². The van der Waals surface area contributed by atoms with Crippen molar-refractivity contribution < 1.29 is 4.79 Å². The lowest BCUT2D eigenvalue weighted by Crippen LogP contribution is -2.00. The standard InChI is InChI=1S/C27H32OS/c1-2-3-4-5-6-7-8-9-10-14-25(28)20-16-17-22-21(18-20)19-24-23-13-11-12-15-26(23)29-27(22)24/h11-13,15-18H,2-10,14,19H2,1H3. The van der Waals surface area contributed by atoms with Crippen LogP contribution in [0, 0.1) is 0 Å². The molecule has 0 fully saturated rings. The summed E-state index contributed by atoms with van der Waals surface area (Å²) in [6.07, 6.45) is 13.3. The fourth-order valence-corrected chi connectivity index (χ4v) is 5.84. The monoisotopic (exact) mass is 404 g/mol. The molecular formula is C27H32OS. The molecule has 0 bridgehead atoms. The van der Waals surface area contributed by atoms with E-state index in [2.05, 4.69) is 43.3 Å². The summed E-state index contributed by atoms with van der Waals surface area (Å²) < 4.78 is 1.37. The Hall–Kier alpha value is -1.93. The first-order valence-electron chi connectivity index (χ1n) is 11.4. The Labute approximate surface area is 179 Å². The summed E-state index contributed by atoms with van der Waals surface area (Å²) >= 11 is 1.89. The zero-order valence-corrected chi connectivity index (χ0v) is 18.5. The summed E-state index contributed by atoms with van der Waals surface area (Å²) in [6.45, 7) is 2.26. The van der Waals surface area contributed by atoms with E-state index in [9.17, 15) is 4.79 Å². The molecule has 1 nitrogen and oxygen atoms in total. The Morgan fingerprint density at radius 2 is 1.62 bits per heavy atom.